The molecular formula is C16H20FN3O2. The van der Waals surface area contributed by atoms with E-state index in [9.17, 15) is 14.0 Å². The minimum Gasteiger partial charge on any atom is -0.338 e. The molecule has 2 N–H and O–H groups in total. The second kappa shape index (κ2) is 5.35. The maximum Gasteiger partial charge on any atom is 0.254 e. The van der Waals surface area contributed by atoms with Crippen LogP contribution in [0.3, 0.4) is 0 Å². The predicted octanol–water partition coefficient (Wildman–Crippen LogP) is 0.910. The van der Waals surface area contributed by atoms with E-state index < -0.39 is 5.54 Å². The van der Waals surface area contributed by atoms with Crippen LogP contribution in [0.2, 0.25) is 0 Å². The molecule has 1 saturated carbocycles. The molecule has 2 fully saturated rings. The van der Waals surface area contributed by atoms with Crippen LogP contribution < -0.4 is 5.73 Å². The lowest BCUT2D eigenvalue weighted by molar-refractivity contribution is -0.135. The van der Waals surface area contributed by atoms with Crippen LogP contribution in [0.4, 0.5) is 4.39 Å². The van der Waals surface area contributed by atoms with Crippen molar-refractivity contribution < 1.29 is 14.0 Å². The summed E-state index contributed by atoms with van der Waals surface area (Å²) in [7, 11) is 0. The Labute approximate surface area is 128 Å². The van der Waals surface area contributed by atoms with E-state index >= 15 is 0 Å². The average molecular weight is 305 g/mol. The maximum atomic E-state index is 13.6. The Morgan fingerprint density at radius 1 is 1.14 bits per heavy atom. The third kappa shape index (κ3) is 2.70. The third-order valence-corrected chi connectivity index (χ3v) is 4.49. The van der Waals surface area contributed by atoms with Gasteiger partial charge in [-0.05, 0) is 37.5 Å². The van der Waals surface area contributed by atoms with Gasteiger partial charge in [0.2, 0.25) is 5.91 Å². The summed E-state index contributed by atoms with van der Waals surface area (Å²) in [5.74, 6) is -0.584. The van der Waals surface area contributed by atoms with Crippen molar-refractivity contribution in [1.82, 2.24) is 9.80 Å². The fourth-order valence-corrected chi connectivity index (χ4v) is 2.68. The van der Waals surface area contributed by atoms with Gasteiger partial charge in [0.25, 0.3) is 5.91 Å². The van der Waals surface area contributed by atoms with Crippen LogP contribution in [0.25, 0.3) is 0 Å². The molecular weight excluding hydrogens is 285 g/mol. The van der Waals surface area contributed by atoms with Crippen LogP contribution in [0.1, 0.15) is 28.8 Å². The zero-order chi connectivity index (χ0) is 15.9. The van der Waals surface area contributed by atoms with Gasteiger partial charge in [0.05, 0.1) is 5.54 Å². The van der Waals surface area contributed by atoms with Crippen LogP contribution in [0, 0.1) is 12.7 Å². The third-order valence-electron chi connectivity index (χ3n) is 4.49. The molecule has 1 aliphatic carbocycles. The molecule has 0 aromatic heterocycles. The Morgan fingerprint density at radius 3 is 2.27 bits per heavy atom. The number of carbonyl (C=O) groups excluding carboxylic acids is 2. The average Bonchev–Trinajstić information content (AvgIpc) is 3.28. The number of rotatable bonds is 2. The Kier molecular flexibility index (Phi) is 3.64. The van der Waals surface area contributed by atoms with E-state index in [1.807, 2.05) is 0 Å². The highest BCUT2D eigenvalue weighted by Crippen LogP contribution is 2.34. The molecule has 5 nitrogen and oxygen atoms in total. The molecule has 0 radical (unpaired) electrons. The van der Waals surface area contributed by atoms with E-state index in [1.165, 1.54) is 6.07 Å². The number of amides is 2. The summed E-state index contributed by atoms with van der Waals surface area (Å²) in [6.07, 6.45) is 1.49. The number of nitrogens with zero attached hydrogens (tertiary/aromatic N) is 2. The number of benzene rings is 1. The van der Waals surface area contributed by atoms with Gasteiger partial charge in [-0.15, -0.1) is 0 Å². The van der Waals surface area contributed by atoms with Crippen molar-refractivity contribution in [3.8, 4) is 0 Å². The van der Waals surface area contributed by atoms with E-state index in [0.717, 1.165) is 12.8 Å². The van der Waals surface area contributed by atoms with Crippen molar-refractivity contribution in [3.63, 3.8) is 0 Å². The SMILES string of the molecule is Cc1ccc(C(=O)N2CCN(C(=O)C3(N)CC3)CC2)cc1F. The summed E-state index contributed by atoms with van der Waals surface area (Å²) in [5, 5.41) is 0. The highest BCUT2D eigenvalue weighted by Gasteiger charge is 2.48. The fourth-order valence-electron chi connectivity index (χ4n) is 2.68. The summed E-state index contributed by atoms with van der Waals surface area (Å²) in [5.41, 5.74) is 6.13. The number of aryl methyl sites for hydroxylation is 1. The van der Waals surface area contributed by atoms with E-state index in [0.29, 0.717) is 37.3 Å². The lowest BCUT2D eigenvalue weighted by atomic mass is 10.1. The van der Waals surface area contributed by atoms with Crippen molar-refractivity contribution in [2.24, 2.45) is 5.73 Å². The first kappa shape index (κ1) is 15.0. The Hall–Kier alpha value is -1.95. The van der Waals surface area contributed by atoms with Crippen LogP contribution >= 0.6 is 0 Å². The summed E-state index contributed by atoms with van der Waals surface area (Å²) >= 11 is 0. The van der Waals surface area contributed by atoms with E-state index in [2.05, 4.69) is 0 Å². The highest BCUT2D eigenvalue weighted by molar-refractivity contribution is 5.94. The summed E-state index contributed by atoms with van der Waals surface area (Å²) in [6, 6.07) is 4.51. The number of halogens is 1. The molecule has 1 heterocycles. The van der Waals surface area contributed by atoms with Crippen molar-refractivity contribution in [1.29, 1.82) is 0 Å². The van der Waals surface area contributed by atoms with Gasteiger partial charge in [0.1, 0.15) is 5.82 Å². The fraction of sp³-hybridized carbons (Fsp3) is 0.500. The smallest absolute Gasteiger partial charge is 0.254 e. The van der Waals surface area contributed by atoms with Gasteiger partial charge in [-0.2, -0.15) is 0 Å². The lowest BCUT2D eigenvalue weighted by Gasteiger charge is -2.36. The molecule has 1 aliphatic heterocycles. The van der Waals surface area contributed by atoms with Crippen LogP contribution in [-0.2, 0) is 4.79 Å². The maximum absolute atomic E-state index is 13.6. The van der Waals surface area contributed by atoms with Gasteiger partial charge in [-0.25, -0.2) is 4.39 Å². The van der Waals surface area contributed by atoms with Gasteiger partial charge in [0.15, 0.2) is 0 Å². The van der Waals surface area contributed by atoms with E-state index in [1.54, 1.807) is 28.9 Å². The predicted molar refractivity (Wildman–Crippen MR) is 79.8 cm³/mol. The molecule has 1 saturated heterocycles. The number of hydrogen-bond acceptors (Lipinski definition) is 3. The van der Waals surface area contributed by atoms with Gasteiger partial charge < -0.3 is 15.5 Å². The minimum absolute atomic E-state index is 0.0130. The monoisotopic (exact) mass is 305 g/mol. The standard InChI is InChI=1S/C16H20FN3O2/c1-11-2-3-12(10-13(11)17)14(21)19-6-8-20(9-7-19)15(22)16(18)4-5-16/h2-3,10H,4-9,18H2,1H3. The second-order valence-electron chi connectivity index (χ2n) is 6.20. The molecule has 0 bridgehead atoms. The summed E-state index contributed by atoms with van der Waals surface area (Å²) < 4.78 is 13.6. The first-order valence-corrected chi connectivity index (χ1v) is 7.54. The van der Waals surface area contributed by atoms with Crippen LogP contribution in [0.15, 0.2) is 18.2 Å². The first-order chi connectivity index (χ1) is 10.4. The zero-order valence-electron chi connectivity index (χ0n) is 12.6. The van der Waals surface area contributed by atoms with Crippen LogP contribution in [0.5, 0.6) is 0 Å². The first-order valence-electron chi connectivity index (χ1n) is 7.54. The van der Waals surface area contributed by atoms with Crippen molar-refractivity contribution in [2.45, 2.75) is 25.3 Å². The molecule has 1 aromatic rings. The van der Waals surface area contributed by atoms with Crippen LogP contribution in [-0.4, -0.2) is 53.3 Å². The molecule has 2 aliphatic rings. The molecule has 3 rings (SSSR count). The van der Waals surface area contributed by atoms with Gasteiger partial charge in [0, 0.05) is 31.7 Å². The Morgan fingerprint density at radius 2 is 1.73 bits per heavy atom. The molecule has 2 amide bonds. The van der Waals surface area contributed by atoms with E-state index in [-0.39, 0.29) is 17.6 Å². The topological polar surface area (TPSA) is 66.6 Å². The minimum atomic E-state index is -0.660. The highest BCUT2D eigenvalue weighted by atomic mass is 19.1. The Bertz CT molecular complexity index is 620. The molecule has 118 valence electrons. The lowest BCUT2D eigenvalue weighted by Crippen LogP contribution is -2.55. The van der Waals surface area contributed by atoms with Gasteiger partial charge in [-0.1, -0.05) is 6.07 Å². The second-order valence-corrected chi connectivity index (χ2v) is 6.20. The van der Waals surface area contributed by atoms with Crippen molar-refractivity contribution in [3.05, 3.63) is 35.1 Å². The van der Waals surface area contributed by atoms with Gasteiger partial charge >= 0.3 is 0 Å². The molecule has 0 atom stereocenters. The number of carbonyl (C=O) groups is 2. The molecule has 6 heteroatoms. The molecule has 22 heavy (non-hydrogen) atoms. The molecule has 0 spiro atoms. The van der Waals surface area contributed by atoms with E-state index in [4.69, 9.17) is 5.73 Å². The normalized spacial score (nSPS) is 20.0. The van der Waals surface area contributed by atoms with Crippen molar-refractivity contribution >= 4 is 11.8 Å². The number of nitrogens with two attached hydrogens (primary N) is 1. The zero-order valence-corrected chi connectivity index (χ0v) is 12.6. The van der Waals surface area contributed by atoms with Crippen molar-refractivity contribution in [2.75, 3.05) is 26.2 Å². The number of piperazine rings is 1. The molecule has 0 unspecified atom stereocenters. The number of hydrogen-bond donors (Lipinski definition) is 1. The quantitative estimate of drug-likeness (QED) is 0.883. The molecule has 1 aromatic carbocycles. The van der Waals surface area contributed by atoms with Gasteiger partial charge in [-0.3, -0.25) is 9.59 Å². The Balaban J connectivity index is 1.62. The largest absolute Gasteiger partial charge is 0.338 e. The summed E-state index contributed by atoms with van der Waals surface area (Å²) in [6.45, 7) is 3.54. The summed E-state index contributed by atoms with van der Waals surface area (Å²) in [4.78, 5) is 27.9.